The zero-order valence-corrected chi connectivity index (χ0v) is 32.9. The molecule has 0 spiro atoms. The highest BCUT2D eigenvalue weighted by Gasteiger charge is 2.36. The quantitative estimate of drug-likeness (QED) is 0.178. The molecule has 0 atom stereocenters. The number of para-hydroxylation sites is 1. The number of benzene rings is 8. The van der Waals surface area contributed by atoms with Crippen molar-refractivity contribution in [3.8, 4) is 22.3 Å². The lowest BCUT2D eigenvalue weighted by atomic mass is 9.82. The van der Waals surface area contributed by atoms with Gasteiger partial charge in [0, 0.05) is 64.2 Å². The number of aromatic nitrogens is 2. The van der Waals surface area contributed by atoms with Crippen molar-refractivity contribution in [1.29, 1.82) is 0 Å². The Morgan fingerprint density at radius 1 is 0.526 bits per heavy atom. The molecule has 0 unspecified atom stereocenters. The Labute approximate surface area is 336 Å². The van der Waals surface area contributed by atoms with Crippen LogP contribution in [0.1, 0.15) is 25.0 Å². The van der Waals surface area contributed by atoms with Gasteiger partial charge in [0.2, 0.25) is 0 Å². The van der Waals surface area contributed by atoms with Gasteiger partial charge in [-0.2, -0.15) is 0 Å². The first-order valence-electron chi connectivity index (χ1n) is 19.5. The Kier molecular flexibility index (Phi) is 6.27. The van der Waals surface area contributed by atoms with E-state index in [0.717, 1.165) is 22.6 Å². The third kappa shape index (κ3) is 4.22. The van der Waals surface area contributed by atoms with E-state index in [1.807, 2.05) is 16.8 Å². The lowest BCUT2D eigenvalue weighted by molar-refractivity contribution is 0.660. The zero-order chi connectivity index (χ0) is 37.6. The number of fused-ring (bicyclic) bond motifs is 14. The normalized spacial score (nSPS) is 13.6. The molecule has 8 aromatic carbocycles. The largest absolute Gasteiger partial charge is 0.310 e. The summed E-state index contributed by atoms with van der Waals surface area (Å²) in [5.41, 5.74) is 18.0. The smallest absolute Gasteiger partial charge is 0.0826 e. The van der Waals surface area contributed by atoms with E-state index in [1.54, 1.807) is 11.3 Å². The van der Waals surface area contributed by atoms with Crippen LogP contribution in [0.5, 0.6) is 0 Å². The van der Waals surface area contributed by atoms with Gasteiger partial charge >= 0.3 is 0 Å². The summed E-state index contributed by atoms with van der Waals surface area (Å²) in [7, 11) is 0. The molecule has 4 heterocycles. The van der Waals surface area contributed by atoms with Crippen LogP contribution in [0.4, 0.5) is 17.1 Å². The maximum Gasteiger partial charge on any atom is 0.0826 e. The molecular formula is C52H33N3S2. The minimum absolute atomic E-state index is 0.114. The Morgan fingerprint density at radius 2 is 1.23 bits per heavy atom. The summed E-state index contributed by atoms with van der Waals surface area (Å²) in [6.45, 7) is 4.73. The molecule has 268 valence electrons. The second kappa shape index (κ2) is 11.3. The first-order chi connectivity index (χ1) is 28.0. The highest BCUT2D eigenvalue weighted by molar-refractivity contribution is 7.26. The van der Waals surface area contributed by atoms with Crippen molar-refractivity contribution in [2.45, 2.75) is 19.3 Å². The minimum atomic E-state index is -0.114. The van der Waals surface area contributed by atoms with E-state index in [2.05, 4.69) is 181 Å². The van der Waals surface area contributed by atoms with E-state index in [-0.39, 0.29) is 5.41 Å². The van der Waals surface area contributed by atoms with Crippen molar-refractivity contribution < 1.29 is 0 Å². The van der Waals surface area contributed by atoms with E-state index < -0.39 is 0 Å². The van der Waals surface area contributed by atoms with Crippen LogP contribution >= 0.6 is 22.7 Å². The number of thiazole rings is 1. The molecule has 12 aromatic rings. The summed E-state index contributed by atoms with van der Waals surface area (Å²) in [6, 6.07) is 58.9. The molecule has 3 nitrogen and oxygen atoms in total. The molecule has 13 rings (SSSR count). The average molecular weight is 764 g/mol. The second-order valence-corrected chi connectivity index (χ2v) is 17.9. The van der Waals surface area contributed by atoms with Crippen LogP contribution in [-0.4, -0.2) is 9.38 Å². The first-order valence-corrected chi connectivity index (χ1v) is 21.2. The number of hydrogen-bond acceptors (Lipinski definition) is 4. The average Bonchev–Trinajstić information content (AvgIpc) is 4.06. The maximum atomic E-state index is 4.84. The monoisotopic (exact) mass is 763 g/mol. The molecule has 0 aliphatic heterocycles. The van der Waals surface area contributed by atoms with Crippen LogP contribution in [-0.2, 0) is 5.41 Å². The van der Waals surface area contributed by atoms with E-state index >= 15 is 0 Å². The number of nitrogens with zero attached hydrogens (tertiary/aromatic N) is 3. The fourth-order valence-corrected chi connectivity index (χ4v) is 12.1. The summed E-state index contributed by atoms with van der Waals surface area (Å²) in [4.78, 5) is 7.29. The first kappa shape index (κ1) is 31.7. The molecule has 5 heteroatoms. The number of hydrogen-bond donors (Lipinski definition) is 0. The van der Waals surface area contributed by atoms with E-state index in [1.165, 1.54) is 96.3 Å². The SMILES string of the molecule is CC1(C)c2ccccc2-c2ccc(N(c3ccc(-c4cccc5c4sc4ccccc45)cc3)c3ccc4c(c3)c3cc5ncsc5c5c6ccccc6n4c35)cc21. The van der Waals surface area contributed by atoms with Gasteiger partial charge in [0.15, 0.2) is 0 Å². The Bertz CT molecular complexity index is 3620. The summed E-state index contributed by atoms with van der Waals surface area (Å²) in [5, 5.41) is 7.72. The van der Waals surface area contributed by atoms with Crippen molar-refractivity contribution in [2.75, 3.05) is 4.90 Å². The van der Waals surface area contributed by atoms with Crippen LogP contribution in [0.25, 0.3) is 90.7 Å². The van der Waals surface area contributed by atoms with Gasteiger partial charge in [0.1, 0.15) is 0 Å². The highest BCUT2D eigenvalue weighted by Crippen LogP contribution is 2.52. The van der Waals surface area contributed by atoms with Gasteiger partial charge in [0.05, 0.1) is 32.3 Å². The number of rotatable bonds is 4. The van der Waals surface area contributed by atoms with E-state index in [0.29, 0.717) is 0 Å². The summed E-state index contributed by atoms with van der Waals surface area (Å²) in [5.74, 6) is 0. The van der Waals surface area contributed by atoms with Crippen LogP contribution in [0, 0.1) is 0 Å². The molecule has 0 saturated heterocycles. The van der Waals surface area contributed by atoms with Gasteiger partial charge in [-0.25, -0.2) is 4.98 Å². The molecule has 0 saturated carbocycles. The zero-order valence-electron chi connectivity index (χ0n) is 31.2. The van der Waals surface area contributed by atoms with Gasteiger partial charge in [-0.15, -0.1) is 22.7 Å². The second-order valence-electron chi connectivity index (χ2n) is 16.0. The van der Waals surface area contributed by atoms with Crippen LogP contribution in [0.3, 0.4) is 0 Å². The van der Waals surface area contributed by atoms with Gasteiger partial charge in [-0.3, -0.25) is 0 Å². The van der Waals surface area contributed by atoms with Crippen LogP contribution in [0.2, 0.25) is 0 Å². The molecular weight excluding hydrogens is 731 g/mol. The Balaban J connectivity index is 1.03. The molecule has 4 aromatic heterocycles. The van der Waals surface area contributed by atoms with Crippen LogP contribution in [0.15, 0.2) is 163 Å². The molecule has 0 amide bonds. The predicted molar refractivity (Wildman–Crippen MR) is 245 cm³/mol. The van der Waals surface area contributed by atoms with Crippen molar-refractivity contribution in [2.24, 2.45) is 0 Å². The molecule has 57 heavy (non-hydrogen) atoms. The van der Waals surface area contributed by atoms with Gasteiger partial charge in [0.25, 0.3) is 0 Å². The standard InChI is InChI=1S/C52H33N3S2/c1-52(2)42-15-6-3-10-35(42)36-24-22-33(27-43(36)52)54(31-20-18-30(19-21-31)34-13-9-14-38-37-11-5-8-17-47(37)57-50(34)38)32-23-25-46-40(26-32)41-28-44-51(56-29-53-44)48-39-12-4-7-16-45(39)55(46)49(41)48/h3-29H,1-2H3. The van der Waals surface area contributed by atoms with E-state index in [9.17, 15) is 0 Å². The predicted octanol–water partition coefficient (Wildman–Crippen LogP) is 15.3. The Morgan fingerprint density at radius 3 is 2.14 bits per heavy atom. The topological polar surface area (TPSA) is 20.5 Å². The molecule has 1 aliphatic rings. The third-order valence-corrected chi connectivity index (χ3v) is 14.7. The molecule has 1 aliphatic carbocycles. The molecule has 0 N–H and O–H groups in total. The van der Waals surface area contributed by atoms with Gasteiger partial charge in [-0.05, 0) is 94.0 Å². The van der Waals surface area contributed by atoms with Gasteiger partial charge < -0.3 is 9.30 Å². The maximum absolute atomic E-state index is 4.84. The molecule has 0 radical (unpaired) electrons. The van der Waals surface area contributed by atoms with Gasteiger partial charge in [-0.1, -0.05) is 111 Å². The minimum Gasteiger partial charge on any atom is -0.310 e. The van der Waals surface area contributed by atoms with Crippen molar-refractivity contribution in [3.63, 3.8) is 0 Å². The lowest BCUT2D eigenvalue weighted by Gasteiger charge is -2.28. The molecule has 0 fully saturated rings. The highest BCUT2D eigenvalue weighted by atomic mass is 32.1. The molecule has 0 bridgehead atoms. The van der Waals surface area contributed by atoms with Crippen molar-refractivity contribution in [3.05, 3.63) is 174 Å². The third-order valence-electron chi connectivity index (χ3n) is 12.7. The van der Waals surface area contributed by atoms with Crippen LogP contribution < -0.4 is 4.90 Å². The van der Waals surface area contributed by atoms with Crippen molar-refractivity contribution in [1.82, 2.24) is 9.38 Å². The number of thiophene rings is 1. The van der Waals surface area contributed by atoms with E-state index in [4.69, 9.17) is 4.98 Å². The summed E-state index contributed by atoms with van der Waals surface area (Å²) >= 11 is 3.62. The lowest BCUT2D eigenvalue weighted by Crippen LogP contribution is -2.16. The van der Waals surface area contributed by atoms with Crippen molar-refractivity contribution >= 4 is 108 Å². The Hall–Kier alpha value is -6.53. The fourth-order valence-electron chi connectivity index (χ4n) is 10.0. The fraction of sp³-hybridized carbons (Fsp3) is 0.0577. The summed E-state index contributed by atoms with van der Waals surface area (Å²) < 4.78 is 6.39. The number of anilines is 3. The summed E-state index contributed by atoms with van der Waals surface area (Å²) in [6.07, 6.45) is 0.